The topological polar surface area (TPSA) is 83.6 Å². The van der Waals surface area contributed by atoms with Gasteiger partial charge in [-0.1, -0.05) is 24.6 Å². The number of rotatable bonds is 3. The summed E-state index contributed by atoms with van der Waals surface area (Å²) in [6.45, 7) is 2.21. The molecule has 6 nitrogen and oxygen atoms in total. The number of benzene rings is 1. The fourth-order valence-electron chi connectivity index (χ4n) is 4.26. The fourth-order valence-corrected chi connectivity index (χ4v) is 4.26. The summed E-state index contributed by atoms with van der Waals surface area (Å²) in [5.41, 5.74) is 1.28. The van der Waals surface area contributed by atoms with Crippen molar-refractivity contribution in [1.82, 2.24) is 9.88 Å². The van der Waals surface area contributed by atoms with E-state index in [2.05, 4.69) is 4.98 Å². The van der Waals surface area contributed by atoms with Crippen LogP contribution in [0, 0.1) is 18.8 Å². The van der Waals surface area contributed by atoms with E-state index in [1.807, 2.05) is 30.3 Å². The summed E-state index contributed by atoms with van der Waals surface area (Å²) in [6, 6.07) is 8.60. The maximum atomic E-state index is 13.0. The molecule has 2 heterocycles. The number of hydrogen-bond donors (Lipinski definition) is 1. The van der Waals surface area contributed by atoms with Gasteiger partial charge in [-0.15, -0.1) is 0 Å². The maximum absolute atomic E-state index is 13.0. The number of aryl methyl sites for hydroxylation is 1. The summed E-state index contributed by atoms with van der Waals surface area (Å²) in [5.74, 6) is -0.435. The molecule has 2 fully saturated rings. The number of fused-ring (bicyclic) bond motifs is 1. The Bertz CT molecular complexity index is 814. The summed E-state index contributed by atoms with van der Waals surface area (Å²) in [7, 11) is 0. The van der Waals surface area contributed by atoms with E-state index in [1.54, 1.807) is 6.92 Å². The molecule has 0 radical (unpaired) electrons. The highest BCUT2D eigenvalue weighted by atomic mass is 16.4. The van der Waals surface area contributed by atoms with E-state index in [4.69, 9.17) is 4.42 Å². The highest BCUT2D eigenvalue weighted by Gasteiger charge is 2.50. The number of oxazole rings is 1. The standard InChI is InChI=1S/C19H20N2O4/c1-11-16(25-17(20-11)12-6-3-2-4-7-12)18(22)21-10-13-8-5-9-14(13)15(21)19(23)24/h2-4,6-7,13-15H,5,8-10H2,1H3,(H,23,24)/t13-,14-,15-/m0/s1. The molecule has 3 atom stereocenters. The van der Waals surface area contributed by atoms with Gasteiger partial charge >= 0.3 is 5.97 Å². The van der Waals surface area contributed by atoms with Crippen molar-refractivity contribution >= 4 is 11.9 Å². The highest BCUT2D eigenvalue weighted by molar-refractivity contribution is 5.96. The van der Waals surface area contributed by atoms with Gasteiger partial charge in [0, 0.05) is 12.1 Å². The number of carboxylic acids is 1. The number of likely N-dealkylation sites (tertiary alicyclic amines) is 1. The first-order valence-corrected chi connectivity index (χ1v) is 8.63. The molecule has 0 spiro atoms. The van der Waals surface area contributed by atoms with Crippen LogP contribution < -0.4 is 0 Å². The lowest BCUT2D eigenvalue weighted by atomic mass is 9.94. The fraction of sp³-hybridized carbons (Fsp3) is 0.421. The molecule has 1 N–H and O–H groups in total. The zero-order valence-electron chi connectivity index (χ0n) is 14.0. The van der Waals surface area contributed by atoms with Gasteiger partial charge in [-0.25, -0.2) is 9.78 Å². The average Bonchev–Trinajstić information content (AvgIpc) is 3.28. The van der Waals surface area contributed by atoms with Crippen molar-refractivity contribution in [2.75, 3.05) is 6.54 Å². The molecule has 2 aliphatic rings. The van der Waals surface area contributed by atoms with Crippen LogP contribution in [0.15, 0.2) is 34.7 Å². The Balaban J connectivity index is 1.65. The van der Waals surface area contributed by atoms with Gasteiger partial charge in [0.2, 0.25) is 11.7 Å². The SMILES string of the molecule is Cc1nc(-c2ccccc2)oc1C(=O)N1C[C@@H]2CCC[C@@H]2[C@H]1C(=O)O. The molecule has 25 heavy (non-hydrogen) atoms. The molecule has 1 aliphatic carbocycles. The normalized spacial score (nSPS) is 25.2. The van der Waals surface area contributed by atoms with Gasteiger partial charge in [-0.3, -0.25) is 4.79 Å². The van der Waals surface area contributed by atoms with Gasteiger partial charge in [0.05, 0.1) is 5.69 Å². The van der Waals surface area contributed by atoms with Crippen LogP contribution in [-0.4, -0.2) is 39.5 Å². The monoisotopic (exact) mass is 340 g/mol. The lowest BCUT2D eigenvalue weighted by molar-refractivity contribution is -0.142. The minimum atomic E-state index is -0.928. The quantitative estimate of drug-likeness (QED) is 0.928. The van der Waals surface area contributed by atoms with Crippen LogP contribution in [0.25, 0.3) is 11.5 Å². The third-order valence-electron chi connectivity index (χ3n) is 5.42. The lowest BCUT2D eigenvalue weighted by Crippen LogP contribution is -2.43. The number of carboxylic acid groups (broad SMARTS) is 1. The first kappa shape index (κ1) is 15.9. The Morgan fingerprint density at radius 3 is 2.72 bits per heavy atom. The Labute approximate surface area is 145 Å². The third kappa shape index (κ3) is 2.62. The largest absolute Gasteiger partial charge is 0.480 e. The molecule has 1 saturated carbocycles. The zero-order valence-corrected chi connectivity index (χ0v) is 14.0. The minimum absolute atomic E-state index is 0.0540. The van der Waals surface area contributed by atoms with Crippen molar-refractivity contribution in [1.29, 1.82) is 0 Å². The van der Waals surface area contributed by atoms with Gasteiger partial charge < -0.3 is 14.4 Å². The molecule has 2 aromatic rings. The van der Waals surface area contributed by atoms with Crippen LogP contribution in [0.3, 0.4) is 0 Å². The van der Waals surface area contributed by atoms with Crippen LogP contribution in [-0.2, 0) is 4.79 Å². The van der Waals surface area contributed by atoms with E-state index in [0.717, 1.165) is 24.8 Å². The van der Waals surface area contributed by atoms with Gasteiger partial charge in [0.25, 0.3) is 5.91 Å². The second-order valence-corrected chi connectivity index (χ2v) is 6.90. The molecular formula is C19H20N2O4. The van der Waals surface area contributed by atoms with E-state index >= 15 is 0 Å². The molecular weight excluding hydrogens is 320 g/mol. The van der Waals surface area contributed by atoms with E-state index in [9.17, 15) is 14.7 Å². The summed E-state index contributed by atoms with van der Waals surface area (Å²) in [5, 5.41) is 9.64. The zero-order chi connectivity index (χ0) is 17.6. The number of nitrogens with zero attached hydrogens (tertiary/aromatic N) is 2. The first-order chi connectivity index (χ1) is 12.1. The van der Waals surface area contributed by atoms with Crippen molar-refractivity contribution in [3.63, 3.8) is 0 Å². The van der Waals surface area contributed by atoms with Crippen molar-refractivity contribution < 1.29 is 19.1 Å². The lowest BCUT2D eigenvalue weighted by Gasteiger charge is -2.23. The van der Waals surface area contributed by atoms with Gasteiger partial charge in [-0.2, -0.15) is 0 Å². The van der Waals surface area contributed by atoms with Crippen LogP contribution in [0.1, 0.15) is 35.5 Å². The number of aromatic nitrogens is 1. The second-order valence-electron chi connectivity index (χ2n) is 6.90. The molecule has 1 saturated heterocycles. The predicted molar refractivity (Wildman–Crippen MR) is 90.0 cm³/mol. The molecule has 0 bridgehead atoms. The third-order valence-corrected chi connectivity index (χ3v) is 5.42. The van der Waals surface area contributed by atoms with Crippen molar-refractivity contribution in [3.8, 4) is 11.5 Å². The van der Waals surface area contributed by atoms with Gasteiger partial charge in [0.15, 0.2) is 0 Å². The average molecular weight is 340 g/mol. The molecule has 1 amide bonds. The molecule has 130 valence electrons. The summed E-state index contributed by atoms with van der Waals surface area (Å²) in [6.07, 6.45) is 2.90. The highest BCUT2D eigenvalue weighted by Crippen LogP contribution is 2.43. The minimum Gasteiger partial charge on any atom is -0.480 e. The van der Waals surface area contributed by atoms with Crippen molar-refractivity contribution in [2.45, 2.75) is 32.2 Å². The molecule has 1 aromatic heterocycles. The molecule has 6 heteroatoms. The first-order valence-electron chi connectivity index (χ1n) is 8.63. The second kappa shape index (κ2) is 6.02. The van der Waals surface area contributed by atoms with E-state index in [-0.39, 0.29) is 23.5 Å². The van der Waals surface area contributed by atoms with Crippen molar-refractivity contribution in [3.05, 3.63) is 41.8 Å². The Hall–Kier alpha value is -2.63. The molecule has 4 rings (SSSR count). The summed E-state index contributed by atoms with van der Waals surface area (Å²) < 4.78 is 5.73. The predicted octanol–water partition coefficient (Wildman–Crippen LogP) is 2.98. The molecule has 1 aromatic carbocycles. The van der Waals surface area contributed by atoms with Crippen LogP contribution >= 0.6 is 0 Å². The Kier molecular flexibility index (Phi) is 3.82. The van der Waals surface area contributed by atoms with E-state index in [0.29, 0.717) is 18.1 Å². The smallest absolute Gasteiger partial charge is 0.326 e. The molecule has 0 unspecified atom stereocenters. The maximum Gasteiger partial charge on any atom is 0.326 e. The number of carbonyl (C=O) groups is 2. The number of carbonyl (C=O) groups excluding carboxylic acids is 1. The van der Waals surface area contributed by atoms with Crippen LogP contribution in [0.4, 0.5) is 0 Å². The number of hydrogen-bond acceptors (Lipinski definition) is 4. The van der Waals surface area contributed by atoms with Gasteiger partial charge in [0.1, 0.15) is 6.04 Å². The number of aliphatic carboxylic acids is 1. The van der Waals surface area contributed by atoms with E-state index < -0.39 is 12.0 Å². The van der Waals surface area contributed by atoms with Crippen LogP contribution in [0.5, 0.6) is 0 Å². The van der Waals surface area contributed by atoms with Crippen molar-refractivity contribution in [2.24, 2.45) is 11.8 Å². The summed E-state index contributed by atoms with van der Waals surface area (Å²) >= 11 is 0. The Morgan fingerprint density at radius 1 is 1.24 bits per heavy atom. The summed E-state index contributed by atoms with van der Waals surface area (Å²) in [4.78, 5) is 30.6. The number of amides is 1. The van der Waals surface area contributed by atoms with Crippen LogP contribution in [0.2, 0.25) is 0 Å². The molecule has 1 aliphatic heterocycles. The van der Waals surface area contributed by atoms with E-state index in [1.165, 1.54) is 4.90 Å². The van der Waals surface area contributed by atoms with Gasteiger partial charge in [-0.05, 0) is 43.7 Å². The Morgan fingerprint density at radius 2 is 2.00 bits per heavy atom.